The minimum Gasteiger partial charge on any atom is -0.395 e. The molecule has 0 amide bonds. The second-order valence-corrected chi connectivity index (χ2v) is 2.55. The maximum Gasteiger partial charge on any atom is 0.154 e. The Kier molecular flexibility index (Phi) is 6.18. The van der Waals surface area contributed by atoms with Gasteiger partial charge in [-0.05, 0) is 0 Å². The molecule has 0 saturated carbocycles. The summed E-state index contributed by atoms with van der Waals surface area (Å²) in [5.41, 5.74) is 0. The molecule has 0 fully saturated rings. The van der Waals surface area contributed by atoms with Gasteiger partial charge in [0.15, 0.2) is 11.1 Å². The highest BCUT2D eigenvalue weighted by Gasteiger charge is 1.90. The van der Waals surface area contributed by atoms with Crippen LogP contribution in [0.2, 0.25) is 0 Å². The third kappa shape index (κ3) is 8.03. The van der Waals surface area contributed by atoms with Crippen LogP contribution in [0.25, 0.3) is 0 Å². The topological polar surface area (TPSA) is 69.6 Å². The molecule has 0 aromatic heterocycles. The number of nitrogens with one attached hydrogen (secondary N) is 1. The fourth-order valence-electron chi connectivity index (χ4n) is 0.364. The van der Waals surface area contributed by atoms with Crippen molar-refractivity contribution in [2.75, 3.05) is 25.4 Å². The van der Waals surface area contributed by atoms with E-state index in [1.54, 1.807) is 0 Å². The fourth-order valence-corrected chi connectivity index (χ4v) is 0.682. The Balaban J connectivity index is 2.83. The zero-order chi connectivity index (χ0) is 7.11. The molecule has 56 valence electrons. The van der Waals surface area contributed by atoms with E-state index in [9.17, 15) is 4.21 Å². The van der Waals surface area contributed by atoms with Gasteiger partial charge in [-0.3, -0.25) is 0 Å². The van der Waals surface area contributed by atoms with Gasteiger partial charge in [0.1, 0.15) is 0 Å². The van der Waals surface area contributed by atoms with Crippen LogP contribution in [0.15, 0.2) is 0 Å². The minimum absolute atomic E-state index is 0.0675. The van der Waals surface area contributed by atoms with Crippen molar-refractivity contribution in [3.63, 3.8) is 0 Å². The highest BCUT2D eigenvalue weighted by Crippen LogP contribution is 1.69. The molecule has 0 aliphatic carbocycles. The summed E-state index contributed by atoms with van der Waals surface area (Å²) in [5.74, 6) is 0.222. The van der Waals surface area contributed by atoms with E-state index in [-0.39, 0.29) is 12.4 Å². The van der Waals surface area contributed by atoms with Crippen LogP contribution in [0.1, 0.15) is 0 Å². The SMILES string of the molecule is O=S(O)CCNCCO. The van der Waals surface area contributed by atoms with E-state index in [2.05, 4.69) is 5.32 Å². The van der Waals surface area contributed by atoms with Crippen LogP contribution in [0.5, 0.6) is 0 Å². The lowest BCUT2D eigenvalue weighted by Crippen LogP contribution is -2.23. The molecule has 0 aromatic rings. The van der Waals surface area contributed by atoms with Crippen LogP contribution in [0.4, 0.5) is 0 Å². The molecule has 0 radical (unpaired) electrons. The lowest BCUT2D eigenvalue weighted by atomic mass is 10.6. The summed E-state index contributed by atoms with van der Waals surface area (Å²) in [7, 11) is 0. The molecule has 0 rings (SSSR count). The molecule has 0 bridgehead atoms. The van der Waals surface area contributed by atoms with Crippen molar-refractivity contribution in [2.24, 2.45) is 0 Å². The van der Waals surface area contributed by atoms with Crippen LogP contribution < -0.4 is 5.32 Å². The number of rotatable bonds is 5. The normalized spacial score (nSPS) is 13.6. The highest BCUT2D eigenvalue weighted by molar-refractivity contribution is 7.79. The molecule has 3 N–H and O–H groups in total. The average Bonchev–Trinajstić information content (AvgIpc) is 1.80. The summed E-state index contributed by atoms with van der Waals surface area (Å²) in [6, 6.07) is 0. The summed E-state index contributed by atoms with van der Waals surface area (Å²) in [4.78, 5) is 0. The van der Waals surface area contributed by atoms with E-state index in [0.29, 0.717) is 13.1 Å². The molecule has 5 heteroatoms. The average molecular weight is 153 g/mol. The van der Waals surface area contributed by atoms with E-state index in [0.717, 1.165) is 0 Å². The molecule has 0 spiro atoms. The van der Waals surface area contributed by atoms with Crippen molar-refractivity contribution in [1.29, 1.82) is 0 Å². The molecule has 0 saturated heterocycles. The van der Waals surface area contributed by atoms with Gasteiger partial charge in [-0.25, -0.2) is 4.21 Å². The minimum atomic E-state index is -1.71. The molecule has 0 aliphatic rings. The van der Waals surface area contributed by atoms with Crippen LogP contribution in [-0.2, 0) is 11.1 Å². The van der Waals surface area contributed by atoms with Gasteiger partial charge in [-0.15, -0.1) is 0 Å². The largest absolute Gasteiger partial charge is 0.395 e. The second kappa shape index (κ2) is 6.15. The smallest absolute Gasteiger partial charge is 0.154 e. The van der Waals surface area contributed by atoms with Crippen LogP contribution in [0.3, 0.4) is 0 Å². The maximum atomic E-state index is 9.97. The summed E-state index contributed by atoms with van der Waals surface area (Å²) >= 11 is -1.71. The summed E-state index contributed by atoms with van der Waals surface area (Å²) in [6.45, 7) is 1.03. The van der Waals surface area contributed by atoms with E-state index in [1.807, 2.05) is 0 Å². The monoisotopic (exact) mass is 153 g/mol. The first-order chi connectivity index (χ1) is 4.27. The number of aliphatic hydroxyl groups is 1. The number of hydrogen-bond acceptors (Lipinski definition) is 3. The van der Waals surface area contributed by atoms with E-state index in [1.165, 1.54) is 0 Å². The predicted molar refractivity (Wildman–Crippen MR) is 35.6 cm³/mol. The molecule has 0 aromatic carbocycles. The highest BCUT2D eigenvalue weighted by atomic mass is 32.2. The van der Waals surface area contributed by atoms with Gasteiger partial charge in [0.25, 0.3) is 0 Å². The molecule has 1 unspecified atom stereocenters. The summed E-state index contributed by atoms with van der Waals surface area (Å²) < 4.78 is 18.2. The molecular weight excluding hydrogens is 142 g/mol. The standard InChI is InChI=1S/C4H11NO3S/c6-3-1-5-2-4-9(7)8/h5-6H,1-4H2,(H,7,8). The molecule has 1 atom stereocenters. The predicted octanol–water partition coefficient (Wildman–Crippen LogP) is -1.21. The van der Waals surface area contributed by atoms with Crippen molar-refractivity contribution >= 4 is 11.1 Å². The molecule has 9 heavy (non-hydrogen) atoms. The van der Waals surface area contributed by atoms with Gasteiger partial charge in [-0.1, -0.05) is 0 Å². The van der Waals surface area contributed by atoms with Crippen molar-refractivity contribution < 1.29 is 13.9 Å². The van der Waals surface area contributed by atoms with E-state index < -0.39 is 11.1 Å². The quantitative estimate of drug-likeness (QED) is 0.342. The number of hydrogen-bond donors (Lipinski definition) is 3. The third-order valence-electron chi connectivity index (χ3n) is 0.742. The first-order valence-electron chi connectivity index (χ1n) is 2.66. The van der Waals surface area contributed by atoms with Crippen molar-refractivity contribution in [3.05, 3.63) is 0 Å². The molecular formula is C4H11NO3S. The Labute approximate surface area is 56.6 Å². The lowest BCUT2D eigenvalue weighted by Gasteiger charge is -1.97. The Morgan fingerprint density at radius 3 is 2.56 bits per heavy atom. The summed E-state index contributed by atoms with van der Waals surface area (Å²) in [6.07, 6.45) is 0. The third-order valence-corrected chi connectivity index (χ3v) is 1.30. The summed E-state index contributed by atoms with van der Waals surface area (Å²) in [5, 5.41) is 11.0. The number of aliphatic hydroxyl groups excluding tert-OH is 1. The van der Waals surface area contributed by atoms with Gasteiger partial charge >= 0.3 is 0 Å². The maximum absolute atomic E-state index is 9.97. The first kappa shape index (κ1) is 9.03. The zero-order valence-electron chi connectivity index (χ0n) is 5.04. The van der Waals surface area contributed by atoms with E-state index >= 15 is 0 Å². The van der Waals surface area contributed by atoms with Crippen LogP contribution in [-0.4, -0.2) is 39.3 Å². The van der Waals surface area contributed by atoms with Crippen LogP contribution >= 0.6 is 0 Å². The van der Waals surface area contributed by atoms with Crippen molar-refractivity contribution in [1.82, 2.24) is 5.32 Å². The van der Waals surface area contributed by atoms with Crippen LogP contribution in [0, 0.1) is 0 Å². The van der Waals surface area contributed by atoms with E-state index in [4.69, 9.17) is 9.66 Å². The van der Waals surface area contributed by atoms with Crippen molar-refractivity contribution in [3.8, 4) is 0 Å². The Hall–Kier alpha value is 0.0300. The Bertz CT molecular complexity index is 87.9. The van der Waals surface area contributed by atoms with Gasteiger partial charge in [0.05, 0.1) is 12.4 Å². The lowest BCUT2D eigenvalue weighted by molar-refractivity contribution is 0.293. The Morgan fingerprint density at radius 2 is 2.11 bits per heavy atom. The van der Waals surface area contributed by atoms with Crippen molar-refractivity contribution in [2.45, 2.75) is 0 Å². The fraction of sp³-hybridized carbons (Fsp3) is 1.00. The van der Waals surface area contributed by atoms with Gasteiger partial charge in [0, 0.05) is 13.1 Å². The zero-order valence-corrected chi connectivity index (χ0v) is 5.86. The first-order valence-corrected chi connectivity index (χ1v) is 3.94. The van der Waals surface area contributed by atoms with Gasteiger partial charge < -0.3 is 15.0 Å². The Morgan fingerprint density at radius 1 is 1.44 bits per heavy atom. The molecule has 0 aliphatic heterocycles. The molecule has 4 nitrogen and oxygen atoms in total. The second-order valence-electron chi connectivity index (χ2n) is 1.50. The molecule has 0 heterocycles. The van der Waals surface area contributed by atoms with Gasteiger partial charge in [0.2, 0.25) is 0 Å². The van der Waals surface area contributed by atoms with Gasteiger partial charge in [-0.2, -0.15) is 0 Å².